The minimum Gasteiger partial charge on any atom is -0.311 e. The summed E-state index contributed by atoms with van der Waals surface area (Å²) in [6.07, 6.45) is 14.9. The Hall–Kier alpha value is -0.340. The Morgan fingerprint density at radius 3 is 2.40 bits per heavy atom. The molecule has 2 nitrogen and oxygen atoms in total. The van der Waals surface area contributed by atoms with Crippen molar-refractivity contribution < 1.29 is 0 Å². The van der Waals surface area contributed by atoms with Crippen LogP contribution in [0.5, 0.6) is 0 Å². The molecule has 3 fully saturated rings. The van der Waals surface area contributed by atoms with Crippen molar-refractivity contribution in [2.75, 3.05) is 7.05 Å². The van der Waals surface area contributed by atoms with Crippen molar-refractivity contribution in [1.29, 1.82) is 0 Å². The molecule has 0 spiro atoms. The zero-order valence-corrected chi connectivity index (χ0v) is 13.1. The van der Waals surface area contributed by atoms with Crippen molar-refractivity contribution in [1.82, 2.24) is 10.2 Å². The molecule has 112 valence electrons. The van der Waals surface area contributed by atoms with E-state index in [9.17, 15) is 0 Å². The third-order valence-electron chi connectivity index (χ3n) is 6.81. The maximum Gasteiger partial charge on any atom is 0.0110 e. The predicted octanol–water partition coefficient (Wildman–Crippen LogP) is 3.19. The van der Waals surface area contributed by atoms with E-state index in [-0.39, 0.29) is 0 Å². The average molecular weight is 274 g/mol. The van der Waals surface area contributed by atoms with Crippen LogP contribution in [0.25, 0.3) is 0 Å². The molecule has 4 aliphatic rings. The molecular weight excluding hydrogens is 244 g/mol. The summed E-state index contributed by atoms with van der Waals surface area (Å²) in [6.45, 7) is 2.45. The Kier molecular flexibility index (Phi) is 3.42. The summed E-state index contributed by atoms with van der Waals surface area (Å²) in [5.41, 5.74) is 0. The first-order chi connectivity index (χ1) is 9.70. The van der Waals surface area contributed by atoms with Crippen LogP contribution in [0.1, 0.15) is 51.9 Å². The first kappa shape index (κ1) is 13.3. The first-order valence-corrected chi connectivity index (χ1v) is 8.87. The van der Waals surface area contributed by atoms with Gasteiger partial charge in [-0.2, -0.15) is 0 Å². The molecule has 1 saturated carbocycles. The molecule has 2 heteroatoms. The van der Waals surface area contributed by atoms with Crippen LogP contribution in [0.15, 0.2) is 12.2 Å². The van der Waals surface area contributed by atoms with Gasteiger partial charge in [-0.05, 0) is 70.3 Å². The molecule has 0 amide bonds. The van der Waals surface area contributed by atoms with E-state index >= 15 is 0 Å². The van der Waals surface area contributed by atoms with Gasteiger partial charge in [0.15, 0.2) is 0 Å². The highest BCUT2D eigenvalue weighted by atomic mass is 15.2. The fraction of sp³-hybridized carbons (Fsp3) is 0.889. The second-order valence-corrected chi connectivity index (χ2v) is 7.97. The van der Waals surface area contributed by atoms with Gasteiger partial charge >= 0.3 is 0 Å². The van der Waals surface area contributed by atoms with E-state index in [0.717, 1.165) is 35.9 Å². The van der Waals surface area contributed by atoms with E-state index in [0.29, 0.717) is 6.04 Å². The average Bonchev–Trinajstić information content (AvgIpc) is 3.02. The quantitative estimate of drug-likeness (QED) is 0.795. The van der Waals surface area contributed by atoms with Crippen LogP contribution >= 0.6 is 0 Å². The number of hydrogen-bond donors (Lipinski definition) is 1. The molecule has 4 bridgehead atoms. The van der Waals surface area contributed by atoms with Gasteiger partial charge in [-0.1, -0.05) is 18.6 Å². The molecule has 2 aliphatic carbocycles. The number of nitrogens with one attached hydrogen (secondary N) is 1. The Bertz CT molecular complexity index is 377. The lowest BCUT2D eigenvalue weighted by atomic mass is 9.81. The Balaban J connectivity index is 1.36. The van der Waals surface area contributed by atoms with Gasteiger partial charge in [-0.15, -0.1) is 0 Å². The van der Waals surface area contributed by atoms with E-state index in [1.165, 1.54) is 44.9 Å². The number of fused-ring (bicyclic) bond motifs is 4. The van der Waals surface area contributed by atoms with Crippen LogP contribution < -0.4 is 5.32 Å². The second-order valence-electron chi connectivity index (χ2n) is 7.97. The summed E-state index contributed by atoms with van der Waals surface area (Å²) in [7, 11) is 2.36. The fourth-order valence-corrected chi connectivity index (χ4v) is 5.65. The predicted molar refractivity (Wildman–Crippen MR) is 83.7 cm³/mol. The Morgan fingerprint density at radius 2 is 1.80 bits per heavy atom. The summed E-state index contributed by atoms with van der Waals surface area (Å²) in [5, 5.41) is 4.03. The van der Waals surface area contributed by atoms with Crippen molar-refractivity contribution in [3.63, 3.8) is 0 Å². The first-order valence-electron chi connectivity index (χ1n) is 8.87. The minimum atomic E-state index is 0.712. The summed E-state index contributed by atoms with van der Waals surface area (Å²) in [5.74, 6) is 2.70. The van der Waals surface area contributed by atoms with Gasteiger partial charge in [0.25, 0.3) is 0 Å². The lowest BCUT2D eigenvalue weighted by molar-refractivity contribution is 0.0437. The zero-order chi connectivity index (χ0) is 13.7. The molecule has 6 unspecified atom stereocenters. The number of piperidine rings is 2. The number of nitrogens with zero attached hydrogens (tertiary/aromatic N) is 1. The van der Waals surface area contributed by atoms with Gasteiger partial charge < -0.3 is 10.2 Å². The molecule has 0 aromatic rings. The summed E-state index contributed by atoms with van der Waals surface area (Å²) >= 11 is 0. The smallest absolute Gasteiger partial charge is 0.0110 e. The maximum absolute atomic E-state index is 4.03. The molecular formula is C18H30N2. The van der Waals surface area contributed by atoms with Crippen molar-refractivity contribution in [2.24, 2.45) is 17.8 Å². The summed E-state index contributed by atoms with van der Waals surface area (Å²) in [4.78, 5) is 2.67. The standard InChI is InChI=1S/C18H30N2/c1-12(18-9-13-6-7-14(18)8-13)19-15-10-16-4-3-5-17(11-15)20(16)2/h6-7,12-19H,3-5,8-11H2,1-2H3. The van der Waals surface area contributed by atoms with Gasteiger partial charge in [0.2, 0.25) is 0 Å². The number of rotatable bonds is 3. The second kappa shape index (κ2) is 5.14. The van der Waals surface area contributed by atoms with Crippen LogP contribution in [0.3, 0.4) is 0 Å². The van der Waals surface area contributed by atoms with Gasteiger partial charge in [0.1, 0.15) is 0 Å². The highest BCUT2D eigenvalue weighted by Crippen LogP contribution is 2.45. The maximum atomic E-state index is 4.03. The molecule has 2 aliphatic heterocycles. The van der Waals surface area contributed by atoms with E-state index < -0.39 is 0 Å². The van der Waals surface area contributed by atoms with Crippen LogP contribution in [0.2, 0.25) is 0 Å². The molecule has 0 aromatic carbocycles. The Morgan fingerprint density at radius 1 is 1.05 bits per heavy atom. The monoisotopic (exact) mass is 274 g/mol. The largest absolute Gasteiger partial charge is 0.311 e. The number of allylic oxidation sites excluding steroid dienone is 2. The van der Waals surface area contributed by atoms with Crippen LogP contribution in [-0.4, -0.2) is 36.1 Å². The molecule has 20 heavy (non-hydrogen) atoms. The molecule has 1 N–H and O–H groups in total. The van der Waals surface area contributed by atoms with Gasteiger partial charge in [-0.3, -0.25) is 0 Å². The number of hydrogen-bond acceptors (Lipinski definition) is 2. The van der Waals surface area contributed by atoms with Gasteiger partial charge in [-0.25, -0.2) is 0 Å². The van der Waals surface area contributed by atoms with Crippen LogP contribution in [-0.2, 0) is 0 Å². The SMILES string of the molecule is CC(NC1CC2CCCC(C1)N2C)C1CC2C=CC1C2. The fourth-order valence-electron chi connectivity index (χ4n) is 5.65. The van der Waals surface area contributed by atoms with Crippen molar-refractivity contribution in [2.45, 2.75) is 76.0 Å². The summed E-state index contributed by atoms with van der Waals surface area (Å²) in [6, 6.07) is 3.20. The topological polar surface area (TPSA) is 15.3 Å². The van der Waals surface area contributed by atoms with E-state index in [1.807, 2.05) is 0 Å². The highest BCUT2D eigenvalue weighted by molar-refractivity contribution is 5.12. The molecule has 0 aromatic heterocycles. The third kappa shape index (κ3) is 2.25. The third-order valence-corrected chi connectivity index (χ3v) is 6.81. The van der Waals surface area contributed by atoms with E-state index in [4.69, 9.17) is 0 Å². The molecule has 4 rings (SSSR count). The van der Waals surface area contributed by atoms with Crippen molar-refractivity contribution in [3.8, 4) is 0 Å². The van der Waals surface area contributed by atoms with E-state index in [2.05, 4.69) is 36.3 Å². The van der Waals surface area contributed by atoms with Gasteiger partial charge in [0.05, 0.1) is 0 Å². The van der Waals surface area contributed by atoms with Crippen LogP contribution in [0, 0.1) is 17.8 Å². The lowest BCUT2D eigenvalue weighted by Crippen LogP contribution is -2.56. The normalized spacial score (nSPS) is 48.7. The van der Waals surface area contributed by atoms with Crippen molar-refractivity contribution >= 4 is 0 Å². The molecule has 2 saturated heterocycles. The lowest BCUT2D eigenvalue weighted by Gasteiger charge is -2.48. The molecule has 6 atom stereocenters. The zero-order valence-electron chi connectivity index (χ0n) is 13.1. The van der Waals surface area contributed by atoms with Crippen molar-refractivity contribution in [3.05, 3.63) is 12.2 Å². The highest BCUT2D eigenvalue weighted by Gasteiger charge is 2.41. The van der Waals surface area contributed by atoms with Crippen LogP contribution in [0.4, 0.5) is 0 Å². The van der Waals surface area contributed by atoms with E-state index in [1.54, 1.807) is 0 Å². The Labute approximate surface area is 124 Å². The molecule has 0 radical (unpaired) electrons. The summed E-state index contributed by atoms with van der Waals surface area (Å²) < 4.78 is 0. The minimum absolute atomic E-state index is 0.712. The van der Waals surface area contributed by atoms with Gasteiger partial charge in [0, 0.05) is 24.2 Å². The molecule has 2 heterocycles.